The number of hydrogen-bond donors (Lipinski definition) is 0. The number of rotatable bonds is 5. The van der Waals surface area contributed by atoms with Crippen LogP contribution in [0.2, 0.25) is 0 Å². The van der Waals surface area contributed by atoms with Crippen LogP contribution in [-0.2, 0) is 14.3 Å². The fraction of sp³-hybridized carbons (Fsp3) is 0.778. The third kappa shape index (κ3) is 3.36. The first-order valence-electron chi connectivity index (χ1n) is 5.52. The topological polar surface area (TPSA) is 49.9 Å². The first-order chi connectivity index (χ1) is 9.34. The van der Waals surface area contributed by atoms with Crippen LogP contribution in [0.15, 0.2) is 12.4 Å². The Hall–Kier alpha value is -1.17. The van der Waals surface area contributed by atoms with E-state index >= 15 is 0 Å². The van der Waals surface area contributed by atoms with Gasteiger partial charge in [-0.05, 0) is 6.92 Å². The Kier molecular flexibility index (Phi) is 4.73. The molecule has 2 unspecified atom stereocenters. The highest BCUT2D eigenvalue weighted by Crippen LogP contribution is 2.40. The molecule has 1 heterocycles. The molecule has 1 rings (SSSR count). The van der Waals surface area contributed by atoms with Gasteiger partial charge in [0.15, 0.2) is 0 Å². The lowest BCUT2D eigenvalue weighted by Crippen LogP contribution is -2.51. The minimum atomic E-state index is -6.15. The number of nitrogens with zero attached hydrogens (tertiary/aromatic N) is 2. The maximum absolute atomic E-state index is 13.2. The molecule has 0 aromatic heterocycles. The standard InChI is InChI=1S/C9H12F6N2O3S/c1-3-17-5-4-16(2)7(17)20-21(18,19)9(14,15)6(10)8(11,12)13/h4-7H,3H2,1-2H3. The molecule has 0 amide bonds. The zero-order valence-corrected chi connectivity index (χ0v) is 11.6. The van der Waals surface area contributed by atoms with Crippen molar-refractivity contribution in [2.24, 2.45) is 0 Å². The number of hydrogen-bond acceptors (Lipinski definition) is 5. The van der Waals surface area contributed by atoms with Gasteiger partial charge < -0.3 is 9.80 Å². The molecule has 0 saturated heterocycles. The van der Waals surface area contributed by atoms with E-state index in [0.29, 0.717) is 0 Å². The highest BCUT2D eigenvalue weighted by molar-refractivity contribution is 7.87. The lowest BCUT2D eigenvalue weighted by Gasteiger charge is -2.30. The summed E-state index contributed by atoms with van der Waals surface area (Å²) in [5.41, 5.74) is 0. The molecule has 0 aliphatic carbocycles. The predicted molar refractivity (Wildman–Crippen MR) is 59.0 cm³/mol. The van der Waals surface area contributed by atoms with E-state index in [4.69, 9.17) is 0 Å². The molecule has 2 atom stereocenters. The summed E-state index contributed by atoms with van der Waals surface area (Å²) in [6.07, 6.45) is -9.98. The first-order valence-corrected chi connectivity index (χ1v) is 6.93. The van der Waals surface area contributed by atoms with Crippen molar-refractivity contribution < 1.29 is 38.9 Å². The van der Waals surface area contributed by atoms with Gasteiger partial charge in [0.2, 0.25) is 6.35 Å². The lowest BCUT2D eigenvalue weighted by atomic mass is 10.4. The first kappa shape index (κ1) is 17.9. The summed E-state index contributed by atoms with van der Waals surface area (Å²) in [5, 5.41) is -5.76. The van der Waals surface area contributed by atoms with Crippen LogP contribution >= 0.6 is 0 Å². The molecule has 12 heteroatoms. The summed E-state index contributed by atoms with van der Waals surface area (Å²) in [6, 6.07) is 0. The van der Waals surface area contributed by atoms with E-state index in [1.54, 1.807) is 0 Å². The van der Waals surface area contributed by atoms with E-state index in [1.807, 2.05) is 0 Å². The Morgan fingerprint density at radius 3 is 2.19 bits per heavy atom. The third-order valence-electron chi connectivity index (χ3n) is 2.62. The summed E-state index contributed by atoms with van der Waals surface area (Å²) >= 11 is 0. The molecule has 0 saturated carbocycles. The van der Waals surface area contributed by atoms with Crippen molar-refractivity contribution in [1.82, 2.24) is 9.80 Å². The molecule has 0 spiro atoms. The SMILES string of the molecule is CCN1C=CN(C)C1OS(=O)(=O)C(F)(F)C(F)C(F)(F)F. The Balaban J connectivity index is 3.01. The van der Waals surface area contributed by atoms with Crippen LogP contribution in [-0.4, -0.2) is 55.8 Å². The van der Waals surface area contributed by atoms with E-state index in [9.17, 15) is 34.8 Å². The van der Waals surface area contributed by atoms with Crippen LogP contribution in [0.25, 0.3) is 0 Å². The number of alkyl halides is 6. The molecule has 0 N–H and O–H groups in total. The second-order valence-electron chi connectivity index (χ2n) is 4.14. The van der Waals surface area contributed by atoms with Gasteiger partial charge in [-0.1, -0.05) is 0 Å². The Morgan fingerprint density at radius 1 is 1.24 bits per heavy atom. The van der Waals surface area contributed by atoms with Gasteiger partial charge in [0.1, 0.15) is 0 Å². The van der Waals surface area contributed by atoms with Gasteiger partial charge in [-0.3, -0.25) is 0 Å². The summed E-state index contributed by atoms with van der Waals surface area (Å²) in [7, 11) is -4.90. The molecule has 21 heavy (non-hydrogen) atoms. The average molecular weight is 342 g/mol. The van der Waals surface area contributed by atoms with Crippen molar-refractivity contribution in [3.63, 3.8) is 0 Å². The minimum Gasteiger partial charge on any atom is -0.336 e. The molecule has 0 fully saturated rings. The van der Waals surface area contributed by atoms with Crippen molar-refractivity contribution >= 4 is 10.1 Å². The Morgan fingerprint density at radius 2 is 1.76 bits per heavy atom. The zero-order valence-electron chi connectivity index (χ0n) is 10.8. The van der Waals surface area contributed by atoms with Crippen LogP contribution in [0.5, 0.6) is 0 Å². The normalized spacial score (nSPS) is 22.0. The van der Waals surface area contributed by atoms with Crippen molar-refractivity contribution in [2.75, 3.05) is 13.6 Å². The van der Waals surface area contributed by atoms with E-state index in [2.05, 4.69) is 4.18 Å². The molecular formula is C9H12F6N2O3S. The summed E-state index contributed by atoms with van der Waals surface area (Å²) in [4.78, 5) is 2.15. The molecule has 0 aromatic rings. The van der Waals surface area contributed by atoms with E-state index in [-0.39, 0.29) is 6.54 Å². The van der Waals surface area contributed by atoms with E-state index in [0.717, 1.165) is 9.80 Å². The van der Waals surface area contributed by atoms with Gasteiger partial charge in [0.25, 0.3) is 6.17 Å². The van der Waals surface area contributed by atoms with Gasteiger partial charge in [-0.15, -0.1) is 0 Å². The highest BCUT2D eigenvalue weighted by Gasteiger charge is 2.66. The second kappa shape index (κ2) is 5.55. The third-order valence-corrected chi connectivity index (χ3v) is 3.92. The van der Waals surface area contributed by atoms with E-state index < -0.39 is 34.1 Å². The van der Waals surface area contributed by atoms with Gasteiger partial charge in [-0.2, -0.15) is 30.4 Å². The smallest absolute Gasteiger partial charge is 0.336 e. The molecular weight excluding hydrogens is 330 g/mol. The van der Waals surface area contributed by atoms with Gasteiger partial charge in [0.05, 0.1) is 0 Å². The van der Waals surface area contributed by atoms with Crippen LogP contribution < -0.4 is 0 Å². The van der Waals surface area contributed by atoms with Crippen LogP contribution in [0, 0.1) is 0 Å². The lowest BCUT2D eigenvalue weighted by molar-refractivity contribution is -0.224. The van der Waals surface area contributed by atoms with Gasteiger partial charge in [0, 0.05) is 26.0 Å². The van der Waals surface area contributed by atoms with Crippen molar-refractivity contribution in [2.45, 2.75) is 30.9 Å². The minimum absolute atomic E-state index is 0.130. The van der Waals surface area contributed by atoms with Crippen molar-refractivity contribution in [3.05, 3.63) is 12.4 Å². The Bertz CT molecular complexity index is 506. The largest absolute Gasteiger partial charge is 0.426 e. The predicted octanol–water partition coefficient (Wildman–Crippen LogP) is 1.85. The highest BCUT2D eigenvalue weighted by atomic mass is 32.2. The molecule has 5 nitrogen and oxygen atoms in total. The molecule has 1 aliphatic heterocycles. The van der Waals surface area contributed by atoms with Crippen molar-refractivity contribution in [1.29, 1.82) is 0 Å². The molecule has 0 bridgehead atoms. The van der Waals surface area contributed by atoms with Gasteiger partial charge in [-0.25, -0.2) is 8.57 Å². The Labute approximate surface area is 116 Å². The van der Waals surface area contributed by atoms with Crippen LogP contribution in [0.3, 0.4) is 0 Å². The van der Waals surface area contributed by atoms with Gasteiger partial charge >= 0.3 is 21.5 Å². The molecule has 0 aromatic carbocycles. The molecule has 124 valence electrons. The van der Waals surface area contributed by atoms with Crippen LogP contribution in [0.4, 0.5) is 26.3 Å². The average Bonchev–Trinajstić information content (AvgIpc) is 2.67. The zero-order chi connectivity index (χ0) is 16.6. The quantitative estimate of drug-likeness (QED) is 0.564. The number of halogens is 6. The summed E-state index contributed by atoms with van der Waals surface area (Å²) < 4.78 is 102. The van der Waals surface area contributed by atoms with E-state index in [1.165, 1.54) is 26.4 Å². The monoisotopic (exact) mass is 342 g/mol. The van der Waals surface area contributed by atoms with Crippen molar-refractivity contribution in [3.8, 4) is 0 Å². The second-order valence-corrected chi connectivity index (χ2v) is 5.78. The maximum atomic E-state index is 13.2. The summed E-state index contributed by atoms with van der Waals surface area (Å²) in [5.74, 6) is 0. The summed E-state index contributed by atoms with van der Waals surface area (Å²) in [6.45, 7) is 1.66. The molecule has 0 radical (unpaired) electrons. The fourth-order valence-corrected chi connectivity index (χ4v) is 2.44. The fourth-order valence-electron chi connectivity index (χ4n) is 1.45. The molecule has 1 aliphatic rings. The maximum Gasteiger partial charge on any atom is 0.426 e. The van der Waals surface area contributed by atoms with Crippen LogP contribution in [0.1, 0.15) is 6.92 Å².